The molecule has 0 bridgehead atoms. The Morgan fingerprint density at radius 1 is 1.05 bits per heavy atom. The molecule has 0 amide bonds. The third-order valence-electron chi connectivity index (χ3n) is 3.62. The molecule has 0 aliphatic carbocycles. The van der Waals surface area contributed by atoms with Crippen molar-refractivity contribution < 1.29 is 9.94 Å². The molecule has 1 heterocycles. The fourth-order valence-corrected chi connectivity index (χ4v) is 2.48. The Morgan fingerprint density at radius 3 is 2.52 bits per heavy atom. The normalized spacial score (nSPS) is 10.8. The van der Waals surface area contributed by atoms with Crippen molar-refractivity contribution in [3.8, 4) is 16.9 Å². The van der Waals surface area contributed by atoms with Crippen LogP contribution in [0.25, 0.3) is 22.0 Å². The number of fused-ring (bicyclic) bond motifs is 1. The molecule has 4 heteroatoms. The number of hydrogen-bond donors (Lipinski definition) is 1. The first-order valence-electron chi connectivity index (χ1n) is 6.61. The Hall–Kier alpha value is -2.75. The van der Waals surface area contributed by atoms with E-state index < -0.39 is 5.56 Å². The second-order valence-electron chi connectivity index (χ2n) is 4.91. The fourth-order valence-electron chi connectivity index (χ4n) is 2.48. The van der Waals surface area contributed by atoms with E-state index in [0.717, 1.165) is 16.5 Å². The standard InChI is InChI=1S/C17H15NO3/c1-11-5-3-4-6-14(11)15-10-12-9-13(21-2)7-8-16(12)18(20)17(15)19/h3-10,20H,1-2H3. The van der Waals surface area contributed by atoms with Crippen LogP contribution in [0.1, 0.15) is 5.56 Å². The smallest absolute Gasteiger partial charge is 0.291 e. The van der Waals surface area contributed by atoms with Gasteiger partial charge in [-0.05, 0) is 42.3 Å². The summed E-state index contributed by atoms with van der Waals surface area (Å²) in [5.41, 5.74) is 2.29. The van der Waals surface area contributed by atoms with Gasteiger partial charge in [-0.2, -0.15) is 0 Å². The van der Waals surface area contributed by atoms with Gasteiger partial charge in [0.25, 0.3) is 5.56 Å². The first-order chi connectivity index (χ1) is 10.1. The van der Waals surface area contributed by atoms with Crippen molar-refractivity contribution in [1.82, 2.24) is 4.73 Å². The summed E-state index contributed by atoms with van der Waals surface area (Å²) >= 11 is 0. The summed E-state index contributed by atoms with van der Waals surface area (Å²) in [4.78, 5) is 12.4. The predicted octanol–water partition coefficient (Wildman–Crippen LogP) is 3.22. The van der Waals surface area contributed by atoms with Gasteiger partial charge in [-0.15, -0.1) is 4.73 Å². The first kappa shape index (κ1) is 13.2. The van der Waals surface area contributed by atoms with Gasteiger partial charge in [0.2, 0.25) is 0 Å². The zero-order valence-electron chi connectivity index (χ0n) is 11.8. The maximum atomic E-state index is 12.4. The average Bonchev–Trinajstić information content (AvgIpc) is 2.51. The van der Waals surface area contributed by atoms with Gasteiger partial charge in [-0.3, -0.25) is 4.79 Å². The zero-order chi connectivity index (χ0) is 15.0. The predicted molar refractivity (Wildman–Crippen MR) is 82.1 cm³/mol. The van der Waals surface area contributed by atoms with Crippen molar-refractivity contribution in [2.45, 2.75) is 6.92 Å². The number of aromatic nitrogens is 1. The van der Waals surface area contributed by atoms with Gasteiger partial charge < -0.3 is 9.94 Å². The lowest BCUT2D eigenvalue weighted by Crippen LogP contribution is -2.20. The van der Waals surface area contributed by atoms with Crippen LogP contribution >= 0.6 is 0 Å². The van der Waals surface area contributed by atoms with Gasteiger partial charge in [0.1, 0.15) is 5.75 Å². The van der Waals surface area contributed by atoms with Crippen LogP contribution in [0.15, 0.2) is 53.3 Å². The summed E-state index contributed by atoms with van der Waals surface area (Å²) in [6.45, 7) is 1.94. The van der Waals surface area contributed by atoms with Gasteiger partial charge >= 0.3 is 0 Å². The Kier molecular flexibility index (Phi) is 3.14. The summed E-state index contributed by atoms with van der Waals surface area (Å²) < 4.78 is 5.88. The third kappa shape index (κ3) is 2.14. The van der Waals surface area contributed by atoms with Crippen LogP contribution in [0.2, 0.25) is 0 Å². The summed E-state index contributed by atoms with van der Waals surface area (Å²) in [6, 6.07) is 14.6. The third-order valence-corrected chi connectivity index (χ3v) is 3.62. The van der Waals surface area contributed by atoms with Crippen LogP contribution in [0.5, 0.6) is 5.75 Å². The van der Waals surface area contributed by atoms with Gasteiger partial charge in [-0.1, -0.05) is 24.3 Å². The molecule has 3 rings (SSSR count). The van der Waals surface area contributed by atoms with Crippen molar-refractivity contribution >= 4 is 10.9 Å². The molecule has 0 radical (unpaired) electrons. The quantitative estimate of drug-likeness (QED) is 0.734. The Bertz CT molecular complexity index is 881. The molecule has 0 fully saturated rings. The van der Waals surface area contributed by atoms with E-state index in [2.05, 4.69) is 0 Å². The molecular formula is C17H15NO3. The van der Waals surface area contributed by atoms with Crippen LogP contribution in [0.3, 0.4) is 0 Å². The first-order valence-corrected chi connectivity index (χ1v) is 6.61. The number of hydrogen-bond acceptors (Lipinski definition) is 3. The molecular weight excluding hydrogens is 266 g/mol. The van der Waals surface area contributed by atoms with E-state index in [-0.39, 0.29) is 0 Å². The lowest BCUT2D eigenvalue weighted by Gasteiger charge is -2.10. The largest absolute Gasteiger partial charge is 0.497 e. The molecule has 106 valence electrons. The van der Waals surface area contributed by atoms with E-state index in [9.17, 15) is 10.0 Å². The van der Waals surface area contributed by atoms with E-state index in [0.29, 0.717) is 21.6 Å². The Balaban J connectivity index is 2.36. The van der Waals surface area contributed by atoms with E-state index >= 15 is 0 Å². The SMILES string of the molecule is COc1ccc2c(c1)cc(-c1ccccc1C)c(=O)n2O. The van der Waals surface area contributed by atoms with Gasteiger partial charge in [0, 0.05) is 5.39 Å². The summed E-state index contributed by atoms with van der Waals surface area (Å²) in [5, 5.41) is 10.9. The second-order valence-corrected chi connectivity index (χ2v) is 4.91. The van der Waals surface area contributed by atoms with Crippen molar-refractivity contribution in [3.05, 3.63) is 64.4 Å². The van der Waals surface area contributed by atoms with Crippen LogP contribution in [0, 0.1) is 6.92 Å². The minimum Gasteiger partial charge on any atom is -0.497 e. The zero-order valence-corrected chi connectivity index (χ0v) is 11.8. The molecule has 0 aliphatic rings. The summed E-state index contributed by atoms with van der Waals surface area (Å²) in [5.74, 6) is 0.678. The molecule has 1 N–H and O–H groups in total. The van der Waals surface area contributed by atoms with E-state index in [1.54, 1.807) is 31.4 Å². The molecule has 0 saturated heterocycles. The van der Waals surface area contributed by atoms with E-state index in [1.807, 2.05) is 31.2 Å². The molecule has 0 saturated carbocycles. The van der Waals surface area contributed by atoms with Crippen molar-refractivity contribution in [2.24, 2.45) is 0 Å². The Morgan fingerprint density at radius 2 is 1.81 bits per heavy atom. The average molecular weight is 281 g/mol. The highest BCUT2D eigenvalue weighted by atomic mass is 16.5. The van der Waals surface area contributed by atoms with E-state index in [4.69, 9.17) is 4.74 Å². The van der Waals surface area contributed by atoms with Gasteiger partial charge in [-0.25, -0.2) is 0 Å². The Labute approximate surface area is 121 Å². The molecule has 0 aliphatic heterocycles. The maximum Gasteiger partial charge on any atom is 0.291 e. The maximum absolute atomic E-state index is 12.4. The van der Waals surface area contributed by atoms with Crippen LogP contribution < -0.4 is 10.3 Å². The fraction of sp³-hybridized carbons (Fsp3) is 0.118. The number of rotatable bonds is 2. The van der Waals surface area contributed by atoms with Crippen molar-refractivity contribution in [3.63, 3.8) is 0 Å². The second kappa shape index (κ2) is 4.98. The van der Waals surface area contributed by atoms with E-state index in [1.165, 1.54) is 0 Å². The number of ether oxygens (including phenoxy) is 1. The lowest BCUT2D eigenvalue weighted by atomic mass is 10.0. The molecule has 2 aromatic carbocycles. The molecule has 0 spiro atoms. The van der Waals surface area contributed by atoms with Crippen molar-refractivity contribution in [2.75, 3.05) is 7.11 Å². The highest BCUT2D eigenvalue weighted by Crippen LogP contribution is 2.25. The number of nitrogens with zero attached hydrogens (tertiary/aromatic N) is 1. The number of benzene rings is 2. The van der Waals surface area contributed by atoms with Crippen molar-refractivity contribution in [1.29, 1.82) is 0 Å². The highest BCUT2D eigenvalue weighted by molar-refractivity contribution is 5.85. The van der Waals surface area contributed by atoms with Gasteiger partial charge in [0.05, 0.1) is 18.2 Å². The van der Waals surface area contributed by atoms with Crippen LogP contribution in [-0.4, -0.2) is 17.0 Å². The molecule has 0 atom stereocenters. The number of methoxy groups -OCH3 is 1. The topological polar surface area (TPSA) is 51.5 Å². The lowest BCUT2D eigenvalue weighted by molar-refractivity contribution is 0.189. The number of pyridine rings is 1. The summed E-state index contributed by atoms with van der Waals surface area (Å²) in [7, 11) is 1.58. The minimum absolute atomic E-state index is 0.429. The molecule has 3 aromatic rings. The van der Waals surface area contributed by atoms with Gasteiger partial charge in [0.15, 0.2) is 0 Å². The highest BCUT2D eigenvalue weighted by Gasteiger charge is 2.12. The molecule has 4 nitrogen and oxygen atoms in total. The molecule has 21 heavy (non-hydrogen) atoms. The molecule has 1 aromatic heterocycles. The minimum atomic E-state index is -0.429. The summed E-state index contributed by atoms with van der Waals surface area (Å²) in [6.07, 6.45) is 0. The van der Waals surface area contributed by atoms with Crippen LogP contribution in [-0.2, 0) is 0 Å². The molecule has 0 unspecified atom stereocenters. The number of aryl methyl sites for hydroxylation is 1. The monoisotopic (exact) mass is 281 g/mol. The van der Waals surface area contributed by atoms with Crippen LogP contribution in [0.4, 0.5) is 0 Å².